The first-order valence-corrected chi connectivity index (χ1v) is 8.41. The van der Waals surface area contributed by atoms with E-state index < -0.39 is 4.92 Å². The minimum Gasteiger partial charge on any atom is -0.317 e. The van der Waals surface area contributed by atoms with Gasteiger partial charge in [0.05, 0.1) is 11.0 Å². The molecule has 0 saturated heterocycles. The minimum atomic E-state index is -0.468. The fourth-order valence-corrected chi connectivity index (χ4v) is 2.80. The summed E-state index contributed by atoms with van der Waals surface area (Å²) < 4.78 is 0. The molecule has 1 atom stereocenters. The second-order valence-corrected chi connectivity index (χ2v) is 6.42. The number of nitro benzene ring substituents is 1. The van der Waals surface area contributed by atoms with Gasteiger partial charge in [-0.15, -0.1) is 0 Å². The third-order valence-electron chi connectivity index (χ3n) is 4.47. The van der Waals surface area contributed by atoms with Gasteiger partial charge in [0.25, 0.3) is 5.69 Å². The Kier molecular flexibility index (Phi) is 4.97. The van der Waals surface area contributed by atoms with E-state index in [4.69, 9.17) is 0 Å². The molecule has 25 heavy (non-hydrogen) atoms. The van der Waals surface area contributed by atoms with Gasteiger partial charge >= 0.3 is 6.03 Å². The number of nitro groups is 1. The van der Waals surface area contributed by atoms with Crippen molar-refractivity contribution in [2.75, 3.05) is 11.9 Å². The quantitative estimate of drug-likeness (QED) is 0.617. The molecule has 3 rings (SSSR count). The molecule has 130 valence electrons. The number of amides is 2. The molecule has 0 bridgehead atoms. The summed E-state index contributed by atoms with van der Waals surface area (Å²) in [5, 5.41) is 13.7. The number of hydrogen-bond donors (Lipinski definition) is 1. The zero-order chi connectivity index (χ0) is 17.8. The van der Waals surface area contributed by atoms with E-state index in [9.17, 15) is 14.9 Å². The van der Waals surface area contributed by atoms with E-state index >= 15 is 0 Å². The Balaban J connectivity index is 1.77. The van der Waals surface area contributed by atoms with Crippen LogP contribution in [0.2, 0.25) is 0 Å². The molecule has 0 aliphatic heterocycles. The van der Waals surface area contributed by atoms with Crippen LogP contribution in [0.5, 0.6) is 0 Å². The largest absolute Gasteiger partial charge is 0.322 e. The van der Waals surface area contributed by atoms with Gasteiger partial charge in [0, 0.05) is 24.4 Å². The van der Waals surface area contributed by atoms with Crippen LogP contribution in [0.1, 0.15) is 31.4 Å². The Hall–Kier alpha value is -2.89. The highest BCUT2D eigenvalue weighted by atomic mass is 16.6. The second kappa shape index (κ2) is 7.34. The molecule has 6 heteroatoms. The third kappa shape index (κ3) is 4.35. The summed E-state index contributed by atoms with van der Waals surface area (Å²) in [5.74, 6) is 0.544. The smallest absolute Gasteiger partial charge is 0.317 e. The molecule has 1 N–H and O–H groups in total. The van der Waals surface area contributed by atoms with Crippen LogP contribution >= 0.6 is 0 Å². The summed E-state index contributed by atoms with van der Waals surface area (Å²) in [5.41, 5.74) is 1.46. The SMILES string of the molecule is CC(c1ccccc1)N(CC1CC1)C(=O)Nc1cccc([N+](=O)[O-])c1. The molecule has 1 saturated carbocycles. The van der Waals surface area contributed by atoms with Crippen LogP contribution in [0.25, 0.3) is 0 Å². The van der Waals surface area contributed by atoms with E-state index in [1.54, 1.807) is 12.1 Å². The van der Waals surface area contributed by atoms with Crippen molar-refractivity contribution in [3.63, 3.8) is 0 Å². The summed E-state index contributed by atoms with van der Waals surface area (Å²) in [6.45, 7) is 2.70. The fourth-order valence-electron chi connectivity index (χ4n) is 2.80. The van der Waals surface area contributed by atoms with Gasteiger partial charge in [0.2, 0.25) is 0 Å². The molecule has 1 aliphatic carbocycles. The maximum atomic E-state index is 12.8. The van der Waals surface area contributed by atoms with E-state index in [-0.39, 0.29) is 17.8 Å². The summed E-state index contributed by atoms with van der Waals surface area (Å²) in [7, 11) is 0. The van der Waals surface area contributed by atoms with E-state index in [0.29, 0.717) is 18.2 Å². The van der Waals surface area contributed by atoms with E-state index in [0.717, 1.165) is 18.4 Å². The minimum absolute atomic E-state index is 0.0392. The van der Waals surface area contributed by atoms with Crippen molar-refractivity contribution < 1.29 is 9.72 Å². The Morgan fingerprint density at radius 2 is 1.96 bits per heavy atom. The molecule has 2 aromatic rings. The zero-order valence-electron chi connectivity index (χ0n) is 14.1. The first-order chi connectivity index (χ1) is 12.0. The normalized spacial score (nSPS) is 14.6. The number of benzene rings is 2. The molecule has 6 nitrogen and oxygen atoms in total. The van der Waals surface area contributed by atoms with Crippen molar-refractivity contribution in [2.45, 2.75) is 25.8 Å². The zero-order valence-corrected chi connectivity index (χ0v) is 14.1. The maximum Gasteiger partial charge on any atom is 0.322 e. The van der Waals surface area contributed by atoms with Gasteiger partial charge < -0.3 is 10.2 Å². The Morgan fingerprint density at radius 1 is 1.24 bits per heavy atom. The highest BCUT2D eigenvalue weighted by Crippen LogP contribution is 2.33. The van der Waals surface area contributed by atoms with Crippen molar-refractivity contribution in [1.82, 2.24) is 4.90 Å². The van der Waals surface area contributed by atoms with E-state index in [1.165, 1.54) is 12.1 Å². The molecule has 0 heterocycles. The van der Waals surface area contributed by atoms with Crippen LogP contribution in [0, 0.1) is 16.0 Å². The van der Waals surface area contributed by atoms with Crippen molar-refractivity contribution in [2.24, 2.45) is 5.92 Å². The average Bonchev–Trinajstić information content (AvgIpc) is 3.44. The number of anilines is 1. The number of non-ortho nitro benzene ring substituents is 1. The van der Waals surface area contributed by atoms with Crippen LogP contribution in [-0.2, 0) is 0 Å². The molecular formula is C19H21N3O3. The molecule has 2 aromatic carbocycles. The van der Waals surface area contributed by atoms with Gasteiger partial charge in [0.1, 0.15) is 0 Å². The first-order valence-electron chi connectivity index (χ1n) is 8.41. The number of nitrogens with one attached hydrogen (secondary N) is 1. The van der Waals surface area contributed by atoms with Crippen LogP contribution in [0.15, 0.2) is 54.6 Å². The summed E-state index contributed by atoms with van der Waals surface area (Å²) in [4.78, 5) is 25.1. The lowest BCUT2D eigenvalue weighted by Gasteiger charge is -2.30. The lowest BCUT2D eigenvalue weighted by molar-refractivity contribution is -0.384. The number of nitrogens with zero attached hydrogens (tertiary/aromatic N) is 2. The Morgan fingerprint density at radius 3 is 2.60 bits per heavy atom. The van der Waals surface area contributed by atoms with Gasteiger partial charge in [-0.05, 0) is 37.3 Å². The fraction of sp³-hybridized carbons (Fsp3) is 0.316. The van der Waals surface area contributed by atoms with Gasteiger partial charge in [-0.2, -0.15) is 0 Å². The second-order valence-electron chi connectivity index (χ2n) is 6.42. The lowest BCUT2D eigenvalue weighted by atomic mass is 10.1. The monoisotopic (exact) mass is 339 g/mol. The number of hydrogen-bond acceptors (Lipinski definition) is 3. The lowest BCUT2D eigenvalue weighted by Crippen LogP contribution is -2.38. The number of rotatable bonds is 6. The highest BCUT2D eigenvalue weighted by Gasteiger charge is 2.30. The third-order valence-corrected chi connectivity index (χ3v) is 4.47. The standard InChI is InChI=1S/C19H21N3O3/c1-14(16-6-3-2-4-7-16)21(13-15-10-11-15)19(23)20-17-8-5-9-18(12-17)22(24)25/h2-9,12,14-15H,10-11,13H2,1H3,(H,20,23). The molecule has 2 amide bonds. The molecule has 0 spiro atoms. The predicted molar refractivity (Wildman–Crippen MR) is 96.4 cm³/mol. The molecule has 0 radical (unpaired) electrons. The number of carbonyl (C=O) groups excluding carboxylic acids is 1. The van der Waals surface area contributed by atoms with Gasteiger partial charge in [-0.3, -0.25) is 10.1 Å². The number of urea groups is 1. The maximum absolute atomic E-state index is 12.8. The summed E-state index contributed by atoms with van der Waals surface area (Å²) in [6.07, 6.45) is 2.28. The predicted octanol–water partition coefficient (Wildman–Crippen LogP) is 4.60. The van der Waals surface area contributed by atoms with Crippen LogP contribution in [0.4, 0.5) is 16.2 Å². The molecule has 0 aromatic heterocycles. The molecule has 1 aliphatic rings. The van der Waals surface area contributed by atoms with E-state index in [1.807, 2.05) is 42.2 Å². The van der Waals surface area contributed by atoms with Crippen LogP contribution in [0.3, 0.4) is 0 Å². The average molecular weight is 339 g/mol. The van der Waals surface area contributed by atoms with Gasteiger partial charge in [-0.25, -0.2) is 4.79 Å². The summed E-state index contributed by atoms with van der Waals surface area (Å²) >= 11 is 0. The van der Waals surface area contributed by atoms with Crippen molar-refractivity contribution in [3.8, 4) is 0 Å². The summed E-state index contributed by atoms with van der Waals surface area (Å²) in [6, 6.07) is 15.6. The van der Waals surface area contributed by atoms with Crippen LogP contribution in [-0.4, -0.2) is 22.4 Å². The first kappa shape index (κ1) is 17.0. The topological polar surface area (TPSA) is 75.5 Å². The van der Waals surface area contributed by atoms with E-state index in [2.05, 4.69) is 5.32 Å². The molecule has 1 fully saturated rings. The highest BCUT2D eigenvalue weighted by molar-refractivity contribution is 5.90. The van der Waals surface area contributed by atoms with Crippen molar-refractivity contribution in [3.05, 3.63) is 70.3 Å². The molecular weight excluding hydrogens is 318 g/mol. The van der Waals surface area contributed by atoms with Gasteiger partial charge in [0.15, 0.2) is 0 Å². The Bertz CT molecular complexity index is 760. The van der Waals surface area contributed by atoms with Crippen molar-refractivity contribution in [1.29, 1.82) is 0 Å². The van der Waals surface area contributed by atoms with Crippen molar-refractivity contribution >= 4 is 17.4 Å². The van der Waals surface area contributed by atoms with Gasteiger partial charge in [-0.1, -0.05) is 36.4 Å². The van der Waals surface area contributed by atoms with Crippen LogP contribution < -0.4 is 5.32 Å². The Labute approximate surface area is 146 Å². The molecule has 1 unspecified atom stereocenters. The number of carbonyl (C=O) groups is 1.